The Hall–Kier alpha value is -2.18. The van der Waals surface area contributed by atoms with Gasteiger partial charge < -0.3 is 10.1 Å². The average Bonchev–Trinajstić information content (AvgIpc) is 3.33. The van der Waals surface area contributed by atoms with Gasteiger partial charge in [-0.1, -0.05) is 12.1 Å². The van der Waals surface area contributed by atoms with Crippen molar-refractivity contribution in [3.63, 3.8) is 0 Å². The molecule has 3 heterocycles. The van der Waals surface area contributed by atoms with E-state index in [0.29, 0.717) is 12.0 Å². The lowest BCUT2D eigenvalue weighted by Crippen LogP contribution is -2.35. The Kier molecular flexibility index (Phi) is 4.54. The molecule has 1 aliphatic heterocycles. The summed E-state index contributed by atoms with van der Waals surface area (Å²) in [4.78, 5) is 27.8. The van der Waals surface area contributed by atoms with Crippen LogP contribution in [0.3, 0.4) is 0 Å². The number of ketones is 1. The van der Waals surface area contributed by atoms with E-state index >= 15 is 0 Å². The van der Waals surface area contributed by atoms with Crippen LogP contribution in [-0.2, 0) is 14.3 Å². The Morgan fingerprint density at radius 3 is 2.46 bits per heavy atom. The monoisotopic (exact) mass is 385 g/mol. The first-order valence-electron chi connectivity index (χ1n) is 8.49. The smallest absolute Gasteiger partial charge is 0.336 e. The van der Waals surface area contributed by atoms with E-state index in [-0.39, 0.29) is 23.6 Å². The molecule has 0 fully saturated rings. The fourth-order valence-electron chi connectivity index (χ4n) is 3.88. The van der Waals surface area contributed by atoms with Gasteiger partial charge in [-0.05, 0) is 36.2 Å². The standard InChI is InChI=1S/C20H19NO3S2/c1-11-17(20(23)24-2)19(16-6-4-8-26-16)18-13(21-11)9-12(10-14(18)22)15-5-3-7-25-15/h3-8,12,19,21H,9-10H2,1-2H3/t12-,19+/m0/s1. The number of dihydropyridines is 1. The largest absolute Gasteiger partial charge is 0.466 e. The Balaban J connectivity index is 1.80. The van der Waals surface area contributed by atoms with E-state index in [2.05, 4.69) is 11.4 Å². The minimum Gasteiger partial charge on any atom is -0.466 e. The number of thiophene rings is 2. The van der Waals surface area contributed by atoms with Gasteiger partial charge in [0.25, 0.3) is 0 Å². The molecule has 2 aromatic rings. The molecule has 0 aromatic carbocycles. The molecular formula is C20H19NO3S2. The summed E-state index contributed by atoms with van der Waals surface area (Å²) < 4.78 is 5.02. The summed E-state index contributed by atoms with van der Waals surface area (Å²) in [6.45, 7) is 1.88. The number of carbonyl (C=O) groups is 2. The lowest BCUT2D eigenvalue weighted by molar-refractivity contribution is -0.136. The maximum Gasteiger partial charge on any atom is 0.336 e. The van der Waals surface area contributed by atoms with Crippen LogP contribution in [-0.4, -0.2) is 18.9 Å². The van der Waals surface area contributed by atoms with E-state index in [0.717, 1.165) is 28.3 Å². The summed E-state index contributed by atoms with van der Waals surface area (Å²) in [7, 11) is 1.38. The molecule has 134 valence electrons. The Labute approximate surface area is 160 Å². The zero-order valence-corrected chi connectivity index (χ0v) is 16.2. The van der Waals surface area contributed by atoms with E-state index < -0.39 is 0 Å². The number of esters is 1. The molecule has 1 N–H and O–H groups in total. The number of hydrogen-bond donors (Lipinski definition) is 1. The third kappa shape index (κ3) is 2.83. The first kappa shape index (κ1) is 17.2. The summed E-state index contributed by atoms with van der Waals surface area (Å²) in [6.07, 6.45) is 1.27. The van der Waals surface area contributed by atoms with E-state index in [1.807, 2.05) is 35.9 Å². The summed E-state index contributed by atoms with van der Waals surface area (Å²) in [6, 6.07) is 8.06. The molecule has 2 atom stereocenters. The molecule has 0 spiro atoms. The molecule has 6 heteroatoms. The van der Waals surface area contributed by atoms with Crippen molar-refractivity contribution < 1.29 is 14.3 Å². The molecule has 0 bridgehead atoms. The van der Waals surface area contributed by atoms with E-state index in [1.165, 1.54) is 12.0 Å². The maximum atomic E-state index is 13.1. The van der Waals surface area contributed by atoms with Crippen molar-refractivity contribution in [2.75, 3.05) is 7.11 Å². The van der Waals surface area contributed by atoms with Crippen molar-refractivity contribution in [2.24, 2.45) is 0 Å². The number of allylic oxidation sites excluding steroid dienone is 3. The van der Waals surface area contributed by atoms with Crippen molar-refractivity contribution in [2.45, 2.75) is 31.6 Å². The van der Waals surface area contributed by atoms with E-state index in [1.54, 1.807) is 22.7 Å². The van der Waals surface area contributed by atoms with Crippen LogP contribution in [0.2, 0.25) is 0 Å². The van der Waals surface area contributed by atoms with Crippen LogP contribution in [0, 0.1) is 0 Å². The Bertz CT molecular complexity index is 907. The molecule has 0 radical (unpaired) electrons. The highest BCUT2D eigenvalue weighted by Gasteiger charge is 2.41. The van der Waals surface area contributed by atoms with Crippen LogP contribution in [0.4, 0.5) is 0 Å². The molecule has 0 unspecified atom stereocenters. The summed E-state index contributed by atoms with van der Waals surface area (Å²) in [5.41, 5.74) is 2.99. The van der Waals surface area contributed by atoms with Crippen LogP contribution >= 0.6 is 22.7 Å². The van der Waals surface area contributed by atoms with E-state index in [9.17, 15) is 9.59 Å². The molecule has 1 aliphatic carbocycles. The second-order valence-electron chi connectivity index (χ2n) is 6.54. The lowest BCUT2D eigenvalue weighted by atomic mass is 9.74. The van der Waals surface area contributed by atoms with Crippen molar-refractivity contribution in [1.29, 1.82) is 0 Å². The normalized spacial score (nSPS) is 22.9. The third-order valence-electron chi connectivity index (χ3n) is 5.01. The third-order valence-corrected chi connectivity index (χ3v) is 6.98. The first-order chi connectivity index (χ1) is 12.6. The fraction of sp³-hybridized carbons (Fsp3) is 0.300. The lowest BCUT2D eigenvalue weighted by Gasteiger charge is -2.35. The van der Waals surface area contributed by atoms with E-state index in [4.69, 9.17) is 4.74 Å². The summed E-state index contributed by atoms with van der Waals surface area (Å²) in [5, 5.41) is 7.37. The topological polar surface area (TPSA) is 55.4 Å². The second-order valence-corrected chi connectivity index (χ2v) is 8.50. The minimum atomic E-state index is -0.381. The fourth-order valence-corrected chi connectivity index (χ4v) is 5.56. The molecular weight excluding hydrogens is 366 g/mol. The highest BCUT2D eigenvalue weighted by molar-refractivity contribution is 7.10. The maximum absolute atomic E-state index is 13.1. The SMILES string of the molecule is COC(=O)C1=C(C)NC2=C(C(=O)C[C@@H](c3cccs3)C2)[C@@H]1c1cccs1. The van der Waals surface area contributed by atoms with Crippen molar-refractivity contribution in [1.82, 2.24) is 5.32 Å². The van der Waals surface area contributed by atoms with Crippen molar-refractivity contribution in [3.05, 3.63) is 67.3 Å². The van der Waals surface area contributed by atoms with Gasteiger partial charge in [0.15, 0.2) is 5.78 Å². The van der Waals surface area contributed by atoms with Crippen LogP contribution in [0.1, 0.15) is 41.4 Å². The highest BCUT2D eigenvalue weighted by atomic mass is 32.1. The predicted molar refractivity (Wildman–Crippen MR) is 103 cm³/mol. The number of rotatable bonds is 3. The molecule has 2 aliphatic rings. The van der Waals surface area contributed by atoms with Gasteiger partial charge in [-0.15, -0.1) is 22.7 Å². The predicted octanol–water partition coefficient (Wildman–Crippen LogP) is 4.34. The quantitative estimate of drug-likeness (QED) is 0.799. The van der Waals surface area contributed by atoms with Gasteiger partial charge in [-0.3, -0.25) is 4.79 Å². The molecule has 26 heavy (non-hydrogen) atoms. The molecule has 0 amide bonds. The Morgan fingerprint density at radius 2 is 1.85 bits per heavy atom. The number of methoxy groups -OCH3 is 1. The van der Waals surface area contributed by atoms with Crippen molar-refractivity contribution in [3.8, 4) is 0 Å². The Morgan fingerprint density at radius 1 is 1.15 bits per heavy atom. The number of ether oxygens (including phenoxy) is 1. The van der Waals surface area contributed by atoms with Crippen LogP contribution in [0.25, 0.3) is 0 Å². The highest BCUT2D eigenvalue weighted by Crippen LogP contribution is 2.47. The van der Waals surface area contributed by atoms with Gasteiger partial charge >= 0.3 is 5.97 Å². The molecule has 4 nitrogen and oxygen atoms in total. The van der Waals surface area contributed by atoms with Crippen LogP contribution in [0.15, 0.2) is 57.6 Å². The van der Waals surface area contributed by atoms with Gasteiger partial charge in [-0.25, -0.2) is 4.79 Å². The molecule has 2 aromatic heterocycles. The van der Waals surface area contributed by atoms with Gasteiger partial charge in [-0.2, -0.15) is 0 Å². The molecule has 4 rings (SSSR count). The number of carbonyl (C=O) groups excluding carboxylic acids is 2. The van der Waals surface area contributed by atoms with Crippen LogP contribution in [0.5, 0.6) is 0 Å². The van der Waals surface area contributed by atoms with Gasteiger partial charge in [0.2, 0.25) is 0 Å². The summed E-state index contributed by atoms with van der Waals surface area (Å²) >= 11 is 3.26. The van der Waals surface area contributed by atoms with Gasteiger partial charge in [0.1, 0.15) is 0 Å². The van der Waals surface area contributed by atoms with Crippen molar-refractivity contribution >= 4 is 34.4 Å². The first-order valence-corrected chi connectivity index (χ1v) is 10.2. The minimum absolute atomic E-state index is 0.115. The van der Waals surface area contributed by atoms with Crippen LogP contribution < -0.4 is 5.32 Å². The number of Topliss-reactive ketones (excluding diaryl/α,β-unsaturated/α-hetero) is 1. The second kappa shape index (κ2) is 6.85. The molecule has 0 saturated heterocycles. The zero-order chi connectivity index (χ0) is 18.3. The average molecular weight is 386 g/mol. The summed E-state index contributed by atoms with van der Waals surface area (Å²) in [5.74, 6) is -0.404. The zero-order valence-electron chi connectivity index (χ0n) is 14.6. The number of nitrogens with one attached hydrogen (secondary N) is 1. The number of hydrogen-bond acceptors (Lipinski definition) is 6. The van der Waals surface area contributed by atoms with Gasteiger partial charge in [0.05, 0.1) is 18.6 Å². The van der Waals surface area contributed by atoms with Gasteiger partial charge in [0, 0.05) is 39.1 Å². The molecule has 0 saturated carbocycles.